The Bertz CT molecular complexity index is 504. The fourth-order valence-electron chi connectivity index (χ4n) is 1.46. The first kappa shape index (κ1) is 12.2. The first-order valence-corrected chi connectivity index (χ1v) is 5.67. The molecule has 6 nitrogen and oxygen atoms in total. The molecule has 0 aromatic heterocycles. The zero-order chi connectivity index (χ0) is 13.1. The molecule has 94 valence electrons. The summed E-state index contributed by atoms with van der Waals surface area (Å²) in [5, 5.41) is 14.5. The van der Waals surface area contributed by atoms with Gasteiger partial charge in [0.05, 0.1) is 10.6 Å². The Morgan fingerprint density at radius 3 is 2.50 bits per heavy atom. The summed E-state index contributed by atoms with van der Waals surface area (Å²) in [7, 11) is 0. The van der Waals surface area contributed by atoms with Crippen molar-refractivity contribution < 1.29 is 9.72 Å². The lowest BCUT2D eigenvalue weighted by molar-refractivity contribution is -0.384. The van der Waals surface area contributed by atoms with Crippen molar-refractivity contribution in [3.05, 3.63) is 39.9 Å². The minimum Gasteiger partial charge on any atom is -0.273 e. The summed E-state index contributed by atoms with van der Waals surface area (Å²) in [4.78, 5) is 21.4. The minimum atomic E-state index is -0.453. The number of carbonyl (C=O) groups excluding carboxylic acids is 1. The Morgan fingerprint density at radius 1 is 1.39 bits per heavy atom. The van der Waals surface area contributed by atoms with E-state index in [9.17, 15) is 14.9 Å². The second-order valence-electron chi connectivity index (χ2n) is 4.25. The van der Waals surface area contributed by atoms with Crippen LogP contribution in [0.4, 0.5) is 5.69 Å². The summed E-state index contributed by atoms with van der Waals surface area (Å²) in [6.07, 6.45) is 1.86. The highest BCUT2D eigenvalue weighted by Gasteiger charge is 2.29. The van der Waals surface area contributed by atoms with E-state index in [0.29, 0.717) is 5.71 Å². The van der Waals surface area contributed by atoms with Gasteiger partial charge < -0.3 is 0 Å². The van der Waals surface area contributed by atoms with Crippen LogP contribution in [0.5, 0.6) is 0 Å². The third-order valence-corrected chi connectivity index (χ3v) is 2.78. The highest BCUT2D eigenvalue weighted by atomic mass is 16.6. The maximum atomic E-state index is 11.4. The van der Waals surface area contributed by atoms with Crippen LogP contribution in [0.2, 0.25) is 0 Å². The fraction of sp³-hybridized carbons (Fsp3) is 0.333. The van der Waals surface area contributed by atoms with Crippen LogP contribution in [0.15, 0.2) is 29.4 Å². The molecule has 0 radical (unpaired) electrons. The molecular formula is C12H13N3O3. The van der Waals surface area contributed by atoms with Crippen molar-refractivity contribution in [3.63, 3.8) is 0 Å². The van der Waals surface area contributed by atoms with Gasteiger partial charge in [-0.15, -0.1) is 0 Å². The van der Waals surface area contributed by atoms with Gasteiger partial charge in [-0.2, -0.15) is 5.10 Å². The Morgan fingerprint density at radius 2 is 2.00 bits per heavy atom. The van der Waals surface area contributed by atoms with Crippen LogP contribution in [0.3, 0.4) is 0 Å². The van der Waals surface area contributed by atoms with E-state index < -0.39 is 4.92 Å². The second-order valence-corrected chi connectivity index (χ2v) is 4.25. The topological polar surface area (TPSA) is 84.6 Å². The lowest BCUT2D eigenvalue weighted by atomic mass is 10.1. The number of rotatable bonds is 4. The second kappa shape index (κ2) is 4.95. The van der Waals surface area contributed by atoms with Gasteiger partial charge in [-0.1, -0.05) is 0 Å². The molecule has 1 aliphatic carbocycles. The van der Waals surface area contributed by atoms with Crippen LogP contribution >= 0.6 is 0 Å². The van der Waals surface area contributed by atoms with Gasteiger partial charge in [0.1, 0.15) is 0 Å². The van der Waals surface area contributed by atoms with Gasteiger partial charge in [-0.3, -0.25) is 14.9 Å². The number of non-ortho nitro benzene ring substituents is 1. The number of nitrogens with zero attached hydrogens (tertiary/aromatic N) is 2. The van der Waals surface area contributed by atoms with Crippen LogP contribution in [0.1, 0.15) is 25.3 Å². The standard InChI is InChI=1S/C12H13N3O3/c1-8(13-14-12(16)10-2-3-10)9-4-6-11(7-5-9)15(17)18/h4-7,10H,2-3H2,1H3,(H,14,16)/b13-8+. The van der Waals surface area contributed by atoms with E-state index in [0.717, 1.165) is 18.4 Å². The molecule has 0 spiro atoms. The number of nitro benzene ring substituents is 1. The summed E-state index contributed by atoms with van der Waals surface area (Å²) >= 11 is 0. The van der Waals surface area contributed by atoms with E-state index in [1.165, 1.54) is 12.1 Å². The van der Waals surface area contributed by atoms with Crippen LogP contribution in [-0.2, 0) is 4.79 Å². The highest BCUT2D eigenvalue weighted by molar-refractivity contribution is 5.99. The molecule has 0 unspecified atom stereocenters. The van der Waals surface area contributed by atoms with Crippen molar-refractivity contribution >= 4 is 17.3 Å². The number of hydrogen-bond donors (Lipinski definition) is 1. The summed E-state index contributed by atoms with van der Waals surface area (Å²) in [6, 6.07) is 6.05. The molecule has 1 aromatic carbocycles. The molecule has 1 fully saturated rings. The van der Waals surface area contributed by atoms with E-state index in [1.54, 1.807) is 19.1 Å². The minimum absolute atomic E-state index is 0.0357. The number of carbonyl (C=O) groups is 1. The van der Waals surface area contributed by atoms with Gasteiger partial charge in [0.2, 0.25) is 5.91 Å². The average Bonchev–Trinajstić information content (AvgIpc) is 3.20. The maximum absolute atomic E-state index is 11.4. The van der Waals surface area contributed by atoms with E-state index in [2.05, 4.69) is 10.5 Å². The summed E-state index contributed by atoms with van der Waals surface area (Å²) < 4.78 is 0. The van der Waals surface area contributed by atoms with Crippen molar-refractivity contribution in [1.82, 2.24) is 5.43 Å². The maximum Gasteiger partial charge on any atom is 0.269 e. The summed E-state index contributed by atoms with van der Waals surface area (Å²) in [5.74, 6) is 0.0506. The number of amides is 1. The van der Waals surface area contributed by atoms with Crippen LogP contribution in [0, 0.1) is 16.0 Å². The SMILES string of the molecule is C/C(=N\NC(=O)C1CC1)c1ccc([N+](=O)[O-])cc1. The van der Waals surface area contributed by atoms with Gasteiger partial charge in [0, 0.05) is 18.1 Å². The van der Waals surface area contributed by atoms with Gasteiger partial charge in [-0.25, -0.2) is 5.43 Å². The number of hydrogen-bond acceptors (Lipinski definition) is 4. The molecule has 1 saturated carbocycles. The zero-order valence-electron chi connectivity index (χ0n) is 9.92. The van der Waals surface area contributed by atoms with Crippen LogP contribution in [0.25, 0.3) is 0 Å². The number of nitrogens with one attached hydrogen (secondary N) is 1. The molecule has 1 aliphatic rings. The van der Waals surface area contributed by atoms with Gasteiger partial charge in [0.15, 0.2) is 0 Å². The van der Waals surface area contributed by atoms with Crippen molar-refractivity contribution in [2.45, 2.75) is 19.8 Å². The molecule has 1 aromatic rings. The first-order valence-electron chi connectivity index (χ1n) is 5.67. The predicted molar refractivity (Wildman–Crippen MR) is 66.2 cm³/mol. The van der Waals surface area contributed by atoms with Crippen LogP contribution in [-0.4, -0.2) is 16.5 Å². The van der Waals surface area contributed by atoms with Gasteiger partial charge in [0.25, 0.3) is 5.69 Å². The first-order chi connectivity index (χ1) is 8.58. The van der Waals surface area contributed by atoms with E-state index >= 15 is 0 Å². The quantitative estimate of drug-likeness (QED) is 0.500. The molecule has 0 heterocycles. The Balaban J connectivity index is 2.02. The Labute approximate surface area is 104 Å². The lowest BCUT2D eigenvalue weighted by Crippen LogP contribution is -2.20. The molecule has 18 heavy (non-hydrogen) atoms. The lowest BCUT2D eigenvalue weighted by Gasteiger charge is -2.01. The van der Waals surface area contributed by atoms with Crippen molar-refractivity contribution in [2.24, 2.45) is 11.0 Å². The van der Waals surface area contributed by atoms with Crippen molar-refractivity contribution in [1.29, 1.82) is 0 Å². The monoisotopic (exact) mass is 247 g/mol. The molecule has 0 bridgehead atoms. The summed E-state index contributed by atoms with van der Waals surface area (Å²) in [6.45, 7) is 1.74. The Hall–Kier alpha value is -2.24. The molecule has 2 rings (SSSR count). The average molecular weight is 247 g/mol. The third kappa shape index (κ3) is 2.91. The van der Waals surface area contributed by atoms with Gasteiger partial charge in [-0.05, 0) is 37.5 Å². The number of nitro groups is 1. The summed E-state index contributed by atoms with van der Waals surface area (Å²) in [5.41, 5.74) is 3.90. The largest absolute Gasteiger partial charge is 0.273 e. The number of hydrazone groups is 1. The van der Waals surface area contributed by atoms with Crippen LogP contribution < -0.4 is 5.43 Å². The van der Waals surface area contributed by atoms with E-state index in [1.807, 2.05) is 0 Å². The molecule has 0 aliphatic heterocycles. The highest BCUT2D eigenvalue weighted by Crippen LogP contribution is 2.28. The zero-order valence-corrected chi connectivity index (χ0v) is 9.92. The third-order valence-electron chi connectivity index (χ3n) is 2.78. The fourth-order valence-corrected chi connectivity index (χ4v) is 1.46. The van der Waals surface area contributed by atoms with E-state index in [-0.39, 0.29) is 17.5 Å². The number of benzene rings is 1. The normalized spacial score (nSPS) is 15.3. The molecule has 6 heteroatoms. The van der Waals surface area contributed by atoms with Crippen molar-refractivity contribution in [2.75, 3.05) is 0 Å². The van der Waals surface area contributed by atoms with Crippen molar-refractivity contribution in [3.8, 4) is 0 Å². The molecule has 0 atom stereocenters. The predicted octanol–water partition coefficient (Wildman–Crippen LogP) is 1.84. The molecule has 1 amide bonds. The smallest absolute Gasteiger partial charge is 0.269 e. The van der Waals surface area contributed by atoms with Gasteiger partial charge >= 0.3 is 0 Å². The Kier molecular flexibility index (Phi) is 3.36. The molecule has 1 N–H and O–H groups in total. The molecule has 0 saturated heterocycles. The van der Waals surface area contributed by atoms with E-state index in [4.69, 9.17) is 0 Å². The molecular weight excluding hydrogens is 234 g/mol.